The summed E-state index contributed by atoms with van der Waals surface area (Å²) in [5.41, 5.74) is 25.5. The highest BCUT2D eigenvalue weighted by Crippen LogP contribution is 2.54. The maximum Gasteiger partial charge on any atom is 0.160 e. The normalized spacial score (nSPS) is 12.0. The number of furan rings is 2. The van der Waals surface area contributed by atoms with Crippen molar-refractivity contribution in [3.63, 3.8) is 0 Å². The van der Waals surface area contributed by atoms with E-state index in [1.165, 1.54) is 55.3 Å². The highest BCUT2D eigenvalue weighted by Gasteiger charge is 2.31. The van der Waals surface area contributed by atoms with Crippen LogP contribution in [0.5, 0.6) is 0 Å². The van der Waals surface area contributed by atoms with Gasteiger partial charge in [-0.3, -0.25) is 0 Å². The van der Waals surface area contributed by atoms with Crippen LogP contribution >= 0.6 is 0 Å². The molecule has 0 saturated carbocycles. The maximum absolute atomic E-state index is 7.37. The first-order chi connectivity index (χ1) is 38.9. The summed E-state index contributed by atoms with van der Waals surface area (Å²) in [7, 11) is 0. The second kappa shape index (κ2) is 17.9. The summed E-state index contributed by atoms with van der Waals surface area (Å²) in [6.45, 7) is 17.5. The Balaban J connectivity index is 1.18. The maximum atomic E-state index is 7.37. The van der Waals surface area contributed by atoms with Gasteiger partial charge in [0.15, 0.2) is 11.2 Å². The topological polar surface area (TPSA) is 42.6 Å². The fourth-order valence-electron chi connectivity index (χ4n) is 13.5. The fraction of sp³-hybridized carbons (Fsp3) is 0.108. The van der Waals surface area contributed by atoms with E-state index in [1.807, 2.05) is 0 Å². The molecule has 0 amide bonds. The molecule has 0 saturated heterocycles. The first kappa shape index (κ1) is 47.4. The number of anilines is 6. The number of rotatable bonds is 8. The van der Waals surface area contributed by atoms with Crippen molar-refractivity contribution in [2.75, 3.05) is 9.80 Å². The Morgan fingerprint density at radius 1 is 0.275 bits per heavy atom. The number of hydrogen-bond donors (Lipinski definition) is 0. The van der Waals surface area contributed by atoms with Crippen LogP contribution in [0.1, 0.15) is 44.5 Å². The predicted molar refractivity (Wildman–Crippen MR) is 337 cm³/mol. The standard InChI is InChI=1S/C74H58N4O2/c1-43-28-44(2)33-53(32-43)75(54-34-45(3)29-46(4)35-54)65-41-63-71(69-58-21-13-16-24-67(58)79-73(65)69)72-64(78(63)52-26-27-62-60(40-52)57-20-12-15-23-61(57)77(62)51-18-10-9-11-19-51)42-66(74-70(72)59-22-14-17-25-68(59)80-74)76(55-36-47(5)30-48(6)37-55)56-38-49(7)31-50(8)39-56/h9-42H,1-8H3. The molecule has 6 heteroatoms. The Hall–Kier alpha value is -9.78. The molecule has 0 N–H and O–H groups in total. The van der Waals surface area contributed by atoms with Gasteiger partial charge in [0, 0.05) is 77.2 Å². The van der Waals surface area contributed by atoms with Crippen LogP contribution in [-0.2, 0) is 0 Å². The zero-order chi connectivity index (χ0) is 54.2. The first-order valence-electron chi connectivity index (χ1n) is 27.7. The fourth-order valence-corrected chi connectivity index (χ4v) is 13.5. The molecular weight excluding hydrogens is 977 g/mol. The summed E-state index contributed by atoms with van der Waals surface area (Å²) in [4.78, 5) is 4.86. The lowest BCUT2D eigenvalue weighted by atomic mass is 9.98. The zero-order valence-electron chi connectivity index (χ0n) is 46.2. The van der Waals surface area contributed by atoms with Crippen molar-refractivity contribution < 1.29 is 8.83 Å². The molecule has 80 heavy (non-hydrogen) atoms. The molecule has 0 aliphatic heterocycles. The van der Waals surface area contributed by atoms with Gasteiger partial charge in [-0.1, -0.05) is 97.1 Å². The van der Waals surface area contributed by atoms with E-state index in [0.717, 1.165) is 122 Å². The van der Waals surface area contributed by atoms with Crippen molar-refractivity contribution in [3.8, 4) is 11.4 Å². The molecule has 4 heterocycles. The third-order valence-electron chi connectivity index (χ3n) is 16.2. The smallest absolute Gasteiger partial charge is 0.160 e. The molecule has 0 aliphatic rings. The number of nitrogens with zero attached hydrogens (tertiary/aromatic N) is 4. The molecule has 0 radical (unpaired) electrons. The minimum absolute atomic E-state index is 0.814. The van der Waals surface area contributed by atoms with Gasteiger partial charge in [0.25, 0.3) is 0 Å². The van der Waals surface area contributed by atoms with E-state index in [2.05, 4.69) is 281 Å². The van der Waals surface area contributed by atoms with Crippen LogP contribution in [0.15, 0.2) is 215 Å². The van der Waals surface area contributed by atoms with Crippen molar-refractivity contribution in [3.05, 3.63) is 251 Å². The number of fused-ring (bicyclic) bond motifs is 14. The summed E-state index contributed by atoms with van der Waals surface area (Å²) < 4.78 is 19.7. The largest absolute Gasteiger partial charge is 0.454 e. The van der Waals surface area contributed by atoms with Gasteiger partial charge in [0.05, 0.1) is 33.4 Å². The summed E-state index contributed by atoms with van der Waals surface area (Å²) in [5, 5.41) is 8.76. The van der Waals surface area contributed by atoms with Gasteiger partial charge in [0.1, 0.15) is 11.2 Å². The minimum atomic E-state index is 0.814. The molecule has 15 aromatic rings. The van der Waals surface area contributed by atoms with Gasteiger partial charge < -0.3 is 27.8 Å². The lowest BCUT2D eigenvalue weighted by Gasteiger charge is -2.27. The van der Waals surface area contributed by atoms with Crippen LogP contribution in [-0.4, -0.2) is 9.13 Å². The first-order valence-corrected chi connectivity index (χ1v) is 27.7. The van der Waals surface area contributed by atoms with Crippen LogP contribution in [0.25, 0.3) is 98.9 Å². The third kappa shape index (κ3) is 7.39. The second-order valence-electron chi connectivity index (χ2n) is 22.5. The minimum Gasteiger partial charge on any atom is -0.454 e. The van der Waals surface area contributed by atoms with E-state index in [1.54, 1.807) is 0 Å². The number of hydrogen-bond acceptors (Lipinski definition) is 4. The second-order valence-corrected chi connectivity index (χ2v) is 22.5. The van der Waals surface area contributed by atoms with Gasteiger partial charge in [0.2, 0.25) is 0 Å². The number of para-hydroxylation sites is 4. The highest BCUT2D eigenvalue weighted by molar-refractivity contribution is 6.38. The lowest BCUT2D eigenvalue weighted by Crippen LogP contribution is -2.12. The van der Waals surface area contributed by atoms with Crippen molar-refractivity contribution >= 4 is 122 Å². The SMILES string of the molecule is Cc1cc(C)cc(N(c2cc(C)cc(C)c2)c2cc3c(c4c2oc2ccccc24)c2c4c(oc5ccccc54)c(N(c4cc(C)cc(C)c4)c4cc(C)cc(C)c4)cc2n3-c2ccc3c(c2)c2ccccc2n3-c2ccccc2)c1. The molecule has 0 unspecified atom stereocenters. The summed E-state index contributed by atoms with van der Waals surface area (Å²) in [6.07, 6.45) is 0. The van der Waals surface area contributed by atoms with E-state index in [4.69, 9.17) is 8.83 Å². The molecule has 0 spiro atoms. The van der Waals surface area contributed by atoms with Crippen LogP contribution in [0.3, 0.4) is 0 Å². The van der Waals surface area contributed by atoms with Crippen molar-refractivity contribution in [1.82, 2.24) is 9.13 Å². The quantitative estimate of drug-likeness (QED) is 0.152. The average molecular weight is 1040 g/mol. The summed E-state index contributed by atoms with van der Waals surface area (Å²) >= 11 is 0. The van der Waals surface area contributed by atoms with Gasteiger partial charge in [-0.05, 0) is 209 Å². The number of aromatic nitrogens is 2. The molecule has 15 rings (SSSR count). The van der Waals surface area contributed by atoms with Gasteiger partial charge >= 0.3 is 0 Å². The molecule has 11 aromatic carbocycles. The lowest BCUT2D eigenvalue weighted by molar-refractivity contribution is 0.669. The Kier molecular flexibility index (Phi) is 10.6. The van der Waals surface area contributed by atoms with Crippen molar-refractivity contribution in [2.24, 2.45) is 0 Å². The number of aryl methyl sites for hydroxylation is 8. The monoisotopic (exact) mass is 1030 g/mol. The molecule has 0 atom stereocenters. The van der Waals surface area contributed by atoms with Crippen LogP contribution in [0.2, 0.25) is 0 Å². The molecule has 6 nitrogen and oxygen atoms in total. The van der Waals surface area contributed by atoms with E-state index in [9.17, 15) is 0 Å². The molecule has 0 bridgehead atoms. The Bertz CT molecular complexity index is 4640. The van der Waals surface area contributed by atoms with Gasteiger partial charge in [-0.15, -0.1) is 0 Å². The molecule has 0 fully saturated rings. The van der Waals surface area contributed by atoms with E-state index < -0.39 is 0 Å². The molecule has 4 aromatic heterocycles. The summed E-state index contributed by atoms with van der Waals surface area (Å²) in [6, 6.07) is 76.0. The van der Waals surface area contributed by atoms with Crippen molar-refractivity contribution in [1.29, 1.82) is 0 Å². The molecule has 0 aliphatic carbocycles. The average Bonchev–Trinajstić information content (AvgIpc) is 2.88. The van der Waals surface area contributed by atoms with Gasteiger partial charge in [-0.25, -0.2) is 0 Å². The molecular formula is C74H58N4O2. The van der Waals surface area contributed by atoms with Crippen LogP contribution in [0, 0.1) is 55.4 Å². The van der Waals surface area contributed by atoms with E-state index in [0.29, 0.717) is 0 Å². The summed E-state index contributed by atoms with van der Waals surface area (Å²) in [5.74, 6) is 0. The van der Waals surface area contributed by atoms with E-state index in [-0.39, 0.29) is 0 Å². The molecule has 386 valence electrons. The van der Waals surface area contributed by atoms with Gasteiger partial charge in [-0.2, -0.15) is 0 Å². The third-order valence-corrected chi connectivity index (χ3v) is 16.2. The Labute approximate surface area is 464 Å². The van der Waals surface area contributed by atoms with Crippen molar-refractivity contribution in [2.45, 2.75) is 55.4 Å². The highest BCUT2D eigenvalue weighted by atomic mass is 16.3. The van der Waals surface area contributed by atoms with E-state index >= 15 is 0 Å². The predicted octanol–water partition coefficient (Wildman–Crippen LogP) is 21.1. The van der Waals surface area contributed by atoms with Crippen LogP contribution in [0.4, 0.5) is 34.1 Å². The zero-order valence-corrected chi connectivity index (χ0v) is 46.2. The number of benzene rings is 11. The van der Waals surface area contributed by atoms with Crippen LogP contribution < -0.4 is 9.80 Å². The Morgan fingerprint density at radius 2 is 0.637 bits per heavy atom. The Morgan fingerprint density at radius 3 is 1.07 bits per heavy atom.